The van der Waals surface area contributed by atoms with Gasteiger partial charge < -0.3 is 4.90 Å². The zero-order valence-corrected chi connectivity index (χ0v) is 18.2. The second kappa shape index (κ2) is 9.51. The van der Waals surface area contributed by atoms with Crippen molar-refractivity contribution >= 4 is 23.2 Å². The Kier molecular flexibility index (Phi) is 6.35. The number of benzene rings is 1. The van der Waals surface area contributed by atoms with Gasteiger partial charge in [-0.25, -0.2) is 5.01 Å². The van der Waals surface area contributed by atoms with Gasteiger partial charge in [0.15, 0.2) is 0 Å². The number of nitrogens with zero attached hydrogens (tertiary/aromatic N) is 5. The van der Waals surface area contributed by atoms with Crippen LogP contribution in [0.4, 0.5) is 5.69 Å². The van der Waals surface area contributed by atoms with Crippen molar-refractivity contribution in [2.24, 2.45) is 5.10 Å². The molecule has 0 atom stereocenters. The summed E-state index contributed by atoms with van der Waals surface area (Å²) in [6.07, 6.45) is 7.44. The average Bonchev–Trinajstić information content (AvgIpc) is 2.81. The Morgan fingerprint density at radius 1 is 0.969 bits per heavy atom. The van der Waals surface area contributed by atoms with Crippen molar-refractivity contribution in [2.45, 2.75) is 39.8 Å². The Balaban J connectivity index is 1.65. The molecule has 7 nitrogen and oxygen atoms in total. The van der Waals surface area contributed by atoms with Crippen LogP contribution in [0.5, 0.6) is 0 Å². The number of carbonyl (C=O) groups is 2. The van der Waals surface area contributed by atoms with Gasteiger partial charge >= 0.3 is 0 Å². The number of rotatable bonds is 6. The standard InChI is InChI=1S/C25H25N5O2/c1-18-5-6-19(2)23(14-18)30-24(31)8-7-22(28-30)25(32)29(16-20-9-12-26-13-10-20)17-21-4-3-11-27-15-21/h3-6,9-15H,7-8,16-17H2,1-2H3. The van der Waals surface area contributed by atoms with Gasteiger partial charge in [-0.2, -0.15) is 5.10 Å². The van der Waals surface area contributed by atoms with Crippen LogP contribution in [0.1, 0.15) is 35.1 Å². The first kappa shape index (κ1) is 21.4. The summed E-state index contributed by atoms with van der Waals surface area (Å²) in [5, 5.41) is 5.90. The Morgan fingerprint density at radius 3 is 2.50 bits per heavy atom. The van der Waals surface area contributed by atoms with Crippen LogP contribution in [-0.4, -0.2) is 32.4 Å². The summed E-state index contributed by atoms with van der Waals surface area (Å²) in [5.41, 5.74) is 4.95. The predicted molar refractivity (Wildman–Crippen MR) is 123 cm³/mol. The third-order valence-corrected chi connectivity index (χ3v) is 5.38. The third-order valence-electron chi connectivity index (χ3n) is 5.38. The van der Waals surface area contributed by atoms with Crippen molar-refractivity contribution in [1.29, 1.82) is 0 Å². The number of amides is 2. The zero-order valence-electron chi connectivity index (χ0n) is 18.2. The molecule has 3 heterocycles. The molecule has 0 bridgehead atoms. The molecule has 0 saturated heterocycles. The van der Waals surface area contributed by atoms with Crippen LogP contribution in [0, 0.1) is 13.8 Å². The first-order valence-corrected chi connectivity index (χ1v) is 10.6. The van der Waals surface area contributed by atoms with E-state index in [1.807, 2.05) is 56.3 Å². The highest BCUT2D eigenvalue weighted by atomic mass is 16.2. The maximum Gasteiger partial charge on any atom is 0.270 e. The summed E-state index contributed by atoms with van der Waals surface area (Å²) in [7, 11) is 0. The number of hydrazone groups is 1. The van der Waals surface area contributed by atoms with Crippen LogP contribution in [0.2, 0.25) is 0 Å². The van der Waals surface area contributed by atoms with Crippen LogP contribution >= 0.6 is 0 Å². The van der Waals surface area contributed by atoms with E-state index in [-0.39, 0.29) is 18.2 Å². The number of hydrogen-bond donors (Lipinski definition) is 0. The van der Waals surface area contributed by atoms with Crippen LogP contribution in [0.25, 0.3) is 0 Å². The van der Waals surface area contributed by atoms with Crippen molar-refractivity contribution in [3.05, 3.63) is 89.5 Å². The number of hydrogen-bond acceptors (Lipinski definition) is 5. The molecule has 1 aromatic carbocycles. The quantitative estimate of drug-likeness (QED) is 0.599. The fourth-order valence-electron chi connectivity index (χ4n) is 3.65. The summed E-state index contributed by atoms with van der Waals surface area (Å²) < 4.78 is 0. The maximum atomic E-state index is 13.6. The molecule has 3 aromatic rings. The number of pyridine rings is 2. The second-order valence-electron chi connectivity index (χ2n) is 7.92. The predicted octanol–water partition coefficient (Wildman–Crippen LogP) is 3.81. The van der Waals surface area contributed by atoms with Gasteiger partial charge in [0.05, 0.1) is 5.69 Å². The lowest BCUT2D eigenvalue weighted by Gasteiger charge is -2.28. The van der Waals surface area contributed by atoms with E-state index in [1.165, 1.54) is 5.01 Å². The molecule has 0 N–H and O–H groups in total. The molecule has 0 saturated carbocycles. The highest BCUT2D eigenvalue weighted by molar-refractivity contribution is 6.40. The molecule has 0 radical (unpaired) electrons. The minimum Gasteiger partial charge on any atom is -0.329 e. The van der Waals surface area contributed by atoms with E-state index in [0.29, 0.717) is 30.9 Å². The number of carbonyl (C=O) groups excluding carboxylic acids is 2. The van der Waals surface area contributed by atoms with Crippen LogP contribution in [-0.2, 0) is 22.7 Å². The molecule has 162 valence electrons. The largest absolute Gasteiger partial charge is 0.329 e. The van der Waals surface area contributed by atoms with Gasteiger partial charge in [0, 0.05) is 50.7 Å². The van der Waals surface area contributed by atoms with E-state index >= 15 is 0 Å². The van der Waals surface area contributed by atoms with Crippen molar-refractivity contribution in [3.63, 3.8) is 0 Å². The van der Waals surface area contributed by atoms with E-state index < -0.39 is 0 Å². The molecule has 7 heteroatoms. The summed E-state index contributed by atoms with van der Waals surface area (Å²) in [5.74, 6) is -0.295. The van der Waals surface area contributed by atoms with E-state index in [4.69, 9.17) is 0 Å². The number of aryl methyl sites for hydroxylation is 2. The highest BCUT2D eigenvalue weighted by Crippen LogP contribution is 2.26. The summed E-state index contributed by atoms with van der Waals surface area (Å²) >= 11 is 0. The molecular weight excluding hydrogens is 402 g/mol. The van der Waals surface area contributed by atoms with Gasteiger partial charge in [-0.05, 0) is 60.4 Å². The molecule has 0 aliphatic carbocycles. The third kappa shape index (κ3) is 4.88. The molecule has 32 heavy (non-hydrogen) atoms. The highest BCUT2D eigenvalue weighted by Gasteiger charge is 2.29. The molecule has 2 amide bonds. The fraction of sp³-hybridized carbons (Fsp3) is 0.240. The van der Waals surface area contributed by atoms with Crippen molar-refractivity contribution < 1.29 is 9.59 Å². The lowest BCUT2D eigenvalue weighted by Crippen LogP contribution is -2.41. The van der Waals surface area contributed by atoms with E-state index in [9.17, 15) is 9.59 Å². The first-order valence-electron chi connectivity index (χ1n) is 10.6. The van der Waals surface area contributed by atoms with Gasteiger partial charge in [-0.3, -0.25) is 19.6 Å². The monoisotopic (exact) mass is 427 g/mol. The van der Waals surface area contributed by atoms with E-state index in [2.05, 4.69) is 15.1 Å². The Hall–Kier alpha value is -3.87. The number of aromatic nitrogens is 2. The zero-order chi connectivity index (χ0) is 22.5. The molecule has 2 aromatic heterocycles. The summed E-state index contributed by atoms with van der Waals surface area (Å²) in [6.45, 7) is 4.71. The average molecular weight is 428 g/mol. The molecule has 0 fully saturated rings. The van der Waals surface area contributed by atoms with Gasteiger partial charge in [0.25, 0.3) is 5.91 Å². The minimum atomic E-state index is -0.187. The van der Waals surface area contributed by atoms with Gasteiger partial charge in [-0.15, -0.1) is 0 Å². The molecule has 0 unspecified atom stereocenters. The molecule has 1 aliphatic heterocycles. The van der Waals surface area contributed by atoms with Crippen molar-refractivity contribution in [3.8, 4) is 0 Å². The summed E-state index contributed by atoms with van der Waals surface area (Å²) in [6, 6.07) is 13.4. The van der Waals surface area contributed by atoms with Crippen LogP contribution < -0.4 is 5.01 Å². The molecule has 1 aliphatic rings. The van der Waals surface area contributed by atoms with Crippen molar-refractivity contribution in [2.75, 3.05) is 5.01 Å². The maximum absolute atomic E-state index is 13.6. The Bertz CT molecular complexity index is 1100. The first-order chi connectivity index (χ1) is 15.5. The summed E-state index contributed by atoms with van der Waals surface area (Å²) in [4.78, 5) is 36.2. The molecular formula is C25H25N5O2. The van der Waals surface area contributed by atoms with Crippen LogP contribution in [0.3, 0.4) is 0 Å². The van der Waals surface area contributed by atoms with E-state index in [0.717, 1.165) is 22.3 Å². The Labute approximate surface area is 187 Å². The second-order valence-corrected chi connectivity index (χ2v) is 7.92. The van der Waals surface area contributed by atoms with Gasteiger partial charge in [0.2, 0.25) is 5.91 Å². The minimum absolute atomic E-state index is 0.108. The van der Waals surface area contributed by atoms with E-state index in [1.54, 1.807) is 29.7 Å². The number of anilines is 1. The lowest BCUT2D eigenvalue weighted by atomic mass is 10.1. The lowest BCUT2D eigenvalue weighted by molar-refractivity contribution is -0.125. The normalized spacial score (nSPS) is 13.6. The topological polar surface area (TPSA) is 78.8 Å². The van der Waals surface area contributed by atoms with Gasteiger partial charge in [0.1, 0.15) is 5.71 Å². The Morgan fingerprint density at radius 2 is 1.75 bits per heavy atom. The van der Waals surface area contributed by atoms with Crippen molar-refractivity contribution in [1.82, 2.24) is 14.9 Å². The SMILES string of the molecule is Cc1ccc(C)c(N2N=C(C(=O)N(Cc3ccncc3)Cc3cccnc3)CCC2=O)c1. The molecule has 4 rings (SSSR count). The fourth-order valence-corrected chi connectivity index (χ4v) is 3.65. The smallest absolute Gasteiger partial charge is 0.270 e. The molecule has 0 spiro atoms. The van der Waals surface area contributed by atoms with Crippen LogP contribution in [0.15, 0.2) is 72.4 Å². The van der Waals surface area contributed by atoms with Gasteiger partial charge in [-0.1, -0.05) is 18.2 Å².